The minimum Gasteiger partial charge on any atom is -0.478 e. The molecule has 1 aromatic heterocycles. The normalized spacial score (nSPS) is 11.5. The molecule has 3 nitrogen and oxygen atoms in total. The lowest BCUT2D eigenvalue weighted by Gasteiger charge is -2.01. The second kappa shape index (κ2) is 4.73. The zero-order valence-corrected chi connectivity index (χ0v) is 9.24. The lowest BCUT2D eigenvalue weighted by molar-refractivity contribution is -0.132. The number of pyridine rings is 1. The van der Waals surface area contributed by atoms with Gasteiger partial charge in [-0.3, -0.25) is 4.98 Å². The Labute approximate surface area is 89.5 Å². The highest BCUT2D eigenvalue weighted by Crippen LogP contribution is 2.12. The van der Waals surface area contributed by atoms with Crippen molar-refractivity contribution in [3.05, 3.63) is 34.7 Å². The Morgan fingerprint density at radius 1 is 1.40 bits per heavy atom. The fraction of sp³-hybridized carbons (Fsp3) is 0.333. The van der Waals surface area contributed by atoms with E-state index >= 15 is 0 Å². The van der Waals surface area contributed by atoms with Gasteiger partial charge in [-0.15, -0.1) is 0 Å². The van der Waals surface area contributed by atoms with Gasteiger partial charge in [0.05, 0.1) is 0 Å². The third kappa shape index (κ3) is 3.20. The van der Waals surface area contributed by atoms with Crippen molar-refractivity contribution in [3.8, 4) is 0 Å². The van der Waals surface area contributed by atoms with Gasteiger partial charge in [-0.2, -0.15) is 0 Å². The summed E-state index contributed by atoms with van der Waals surface area (Å²) in [6.45, 7) is 5.63. The first kappa shape index (κ1) is 11.4. The molecular weight excluding hydrogens is 190 g/mol. The summed E-state index contributed by atoms with van der Waals surface area (Å²) in [4.78, 5) is 15.1. The van der Waals surface area contributed by atoms with Crippen LogP contribution in [0, 0.1) is 13.8 Å². The maximum atomic E-state index is 10.8. The first-order chi connectivity index (χ1) is 7.02. The standard InChI is InChI=1S/C12H15NO2/c1-4-11(12(14)15)7-10-5-8(2)13-9(3)6-10/h5-7H,4H2,1-3H3,(H,14,15). The number of nitrogens with zero attached hydrogens (tertiary/aromatic N) is 1. The van der Waals surface area contributed by atoms with Gasteiger partial charge in [-0.1, -0.05) is 6.92 Å². The van der Waals surface area contributed by atoms with E-state index in [1.807, 2.05) is 32.9 Å². The van der Waals surface area contributed by atoms with E-state index in [4.69, 9.17) is 5.11 Å². The van der Waals surface area contributed by atoms with E-state index < -0.39 is 5.97 Å². The van der Waals surface area contributed by atoms with Gasteiger partial charge in [0.2, 0.25) is 0 Å². The summed E-state index contributed by atoms with van der Waals surface area (Å²) in [7, 11) is 0. The number of rotatable bonds is 3. The Hall–Kier alpha value is -1.64. The minimum atomic E-state index is -0.857. The number of aliphatic carboxylic acids is 1. The molecule has 0 aromatic carbocycles. The highest BCUT2D eigenvalue weighted by molar-refractivity contribution is 5.92. The van der Waals surface area contributed by atoms with Crippen molar-refractivity contribution in [2.24, 2.45) is 0 Å². The average Bonchev–Trinajstić information content (AvgIpc) is 2.12. The maximum Gasteiger partial charge on any atom is 0.331 e. The minimum absolute atomic E-state index is 0.417. The molecule has 15 heavy (non-hydrogen) atoms. The SMILES string of the molecule is CCC(=Cc1cc(C)nc(C)c1)C(=O)O. The van der Waals surface area contributed by atoms with Gasteiger partial charge in [-0.05, 0) is 44.0 Å². The van der Waals surface area contributed by atoms with Crippen LogP contribution in [0.5, 0.6) is 0 Å². The van der Waals surface area contributed by atoms with Gasteiger partial charge in [0, 0.05) is 17.0 Å². The van der Waals surface area contributed by atoms with Crippen molar-refractivity contribution in [1.82, 2.24) is 4.98 Å². The van der Waals surface area contributed by atoms with Gasteiger partial charge >= 0.3 is 5.97 Å². The van der Waals surface area contributed by atoms with Crippen LogP contribution in [-0.4, -0.2) is 16.1 Å². The Bertz CT molecular complexity index is 388. The molecule has 1 N–H and O–H groups in total. The number of carboxylic acid groups (broad SMARTS) is 1. The first-order valence-corrected chi connectivity index (χ1v) is 4.92. The number of carbonyl (C=O) groups is 1. The van der Waals surface area contributed by atoms with Crippen LogP contribution in [0.25, 0.3) is 6.08 Å². The molecule has 0 aliphatic rings. The highest BCUT2D eigenvalue weighted by atomic mass is 16.4. The van der Waals surface area contributed by atoms with Gasteiger partial charge < -0.3 is 5.11 Å². The fourth-order valence-corrected chi connectivity index (χ4v) is 1.47. The number of aromatic nitrogens is 1. The molecule has 80 valence electrons. The third-order valence-corrected chi connectivity index (χ3v) is 2.10. The fourth-order valence-electron chi connectivity index (χ4n) is 1.47. The molecule has 1 aromatic rings. The summed E-state index contributed by atoms with van der Waals surface area (Å²) in [5.74, 6) is -0.857. The highest BCUT2D eigenvalue weighted by Gasteiger charge is 2.04. The van der Waals surface area contributed by atoms with E-state index in [9.17, 15) is 4.79 Å². The summed E-state index contributed by atoms with van der Waals surface area (Å²) >= 11 is 0. The second-order valence-corrected chi connectivity index (χ2v) is 3.51. The van der Waals surface area contributed by atoms with E-state index in [1.54, 1.807) is 6.08 Å². The molecule has 0 saturated carbocycles. The summed E-state index contributed by atoms with van der Waals surface area (Å²) < 4.78 is 0. The Kier molecular flexibility index (Phi) is 3.61. The smallest absolute Gasteiger partial charge is 0.331 e. The molecule has 0 spiro atoms. The van der Waals surface area contributed by atoms with Gasteiger partial charge in [0.25, 0.3) is 0 Å². The van der Waals surface area contributed by atoms with Crippen LogP contribution in [0.3, 0.4) is 0 Å². The van der Waals surface area contributed by atoms with Crippen molar-refractivity contribution < 1.29 is 9.90 Å². The van der Waals surface area contributed by atoms with Gasteiger partial charge in [-0.25, -0.2) is 4.79 Å². The molecule has 1 heterocycles. The summed E-state index contributed by atoms with van der Waals surface area (Å²) in [5, 5.41) is 8.89. The lowest BCUT2D eigenvalue weighted by Crippen LogP contribution is -1.99. The van der Waals surface area contributed by atoms with Crippen LogP contribution in [0.2, 0.25) is 0 Å². The van der Waals surface area contributed by atoms with Crippen LogP contribution in [0.15, 0.2) is 17.7 Å². The zero-order chi connectivity index (χ0) is 11.4. The first-order valence-electron chi connectivity index (χ1n) is 4.92. The van der Waals surface area contributed by atoms with Crippen molar-refractivity contribution in [2.75, 3.05) is 0 Å². The van der Waals surface area contributed by atoms with Crippen LogP contribution < -0.4 is 0 Å². The number of aryl methyl sites for hydroxylation is 2. The second-order valence-electron chi connectivity index (χ2n) is 3.51. The molecule has 0 bridgehead atoms. The Balaban J connectivity index is 3.11. The van der Waals surface area contributed by atoms with E-state index in [-0.39, 0.29) is 0 Å². The van der Waals surface area contributed by atoms with E-state index in [1.165, 1.54) is 0 Å². The predicted molar refractivity (Wildman–Crippen MR) is 59.6 cm³/mol. The quantitative estimate of drug-likeness (QED) is 0.771. The third-order valence-electron chi connectivity index (χ3n) is 2.10. The maximum absolute atomic E-state index is 10.8. The van der Waals surface area contributed by atoms with Crippen LogP contribution in [0.1, 0.15) is 30.3 Å². The van der Waals surface area contributed by atoms with Crippen molar-refractivity contribution in [1.29, 1.82) is 0 Å². The summed E-state index contributed by atoms with van der Waals surface area (Å²) in [5.41, 5.74) is 3.13. The summed E-state index contributed by atoms with van der Waals surface area (Å²) in [6, 6.07) is 3.76. The van der Waals surface area contributed by atoms with Gasteiger partial charge in [0.15, 0.2) is 0 Å². The molecule has 0 fully saturated rings. The van der Waals surface area contributed by atoms with Crippen molar-refractivity contribution in [3.63, 3.8) is 0 Å². The monoisotopic (exact) mass is 205 g/mol. The molecule has 0 unspecified atom stereocenters. The molecule has 0 aliphatic carbocycles. The lowest BCUT2D eigenvalue weighted by atomic mass is 10.1. The number of hydrogen-bond donors (Lipinski definition) is 1. The average molecular weight is 205 g/mol. The van der Waals surface area contributed by atoms with E-state index in [0.717, 1.165) is 17.0 Å². The molecule has 0 radical (unpaired) electrons. The molecule has 0 saturated heterocycles. The van der Waals surface area contributed by atoms with Crippen LogP contribution in [0.4, 0.5) is 0 Å². The zero-order valence-electron chi connectivity index (χ0n) is 9.24. The Morgan fingerprint density at radius 3 is 2.33 bits per heavy atom. The van der Waals surface area contributed by atoms with Crippen LogP contribution in [-0.2, 0) is 4.79 Å². The summed E-state index contributed by atoms with van der Waals surface area (Å²) in [6.07, 6.45) is 2.22. The van der Waals surface area contributed by atoms with E-state index in [0.29, 0.717) is 12.0 Å². The van der Waals surface area contributed by atoms with Crippen LogP contribution >= 0.6 is 0 Å². The van der Waals surface area contributed by atoms with Crippen molar-refractivity contribution in [2.45, 2.75) is 27.2 Å². The molecule has 0 atom stereocenters. The number of carboxylic acids is 1. The largest absolute Gasteiger partial charge is 0.478 e. The molecule has 1 rings (SSSR count). The Morgan fingerprint density at radius 2 is 1.93 bits per heavy atom. The van der Waals surface area contributed by atoms with E-state index in [2.05, 4.69) is 4.98 Å². The molecule has 0 aliphatic heterocycles. The van der Waals surface area contributed by atoms with Crippen molar-refractivity contribution >= 4 is 12.0 Å². The number of hydrogen-bond acceptors (Lipinski definition) is 2. The topological polar surface area (TPSA) is 50.2 Å². The molecule has 0 amide bonds. The molecular formula is C12H15NO2. The molecule has 3 heteroatoms. The predicted octanol–water partition coefficient (Wildman–Crippen LogP) is 2.58. The van der Waals surface area contributed by atoms with Gasteiger partial charge in [0.1, 0.15) is 0 Å².